The summed E-state index contributed by atoms with van der Waals surface area (Å²) in [6.45, 7) is 0.231. The number of hydrazone groups is 2. The quantitative estimate of drug-likeness (QED) is 0.156. The molecule has 0 radical (unpaired) electrons. The molecular weight excluding hydrogens is 488 g/mol. The lowest BCUT2D eigenvalue weighted by Gasteiger charge is -2.04. The number of hydrogen-bond donors (Lipinski definition) is 4. The second-order valence-electron chi connectivity index (χ2n) is 7.68. The zero-order valence-electron chi connectivity index (χ0n) is 20.5. The Morgan fingerprint density at radius 3 is 1.84 bits per heavy atom. The lowest BCUT2D eigenvalue weighted by atomic mass is 10.1. The van der Waals surface area contributed by atoms with Crippen LogP contribution in [0.3, 0.4) is 0 Å². The van der Waals surface area contributed by atoms with Gasteiger partial charge in [0.15, 0.2) is 0 Å². The topological polar surface area (TPSA) is 142 Å². The van der Waals surface area contributed by atoms with E-state index in [4.69, 9.17) is 19.7 Å². The Morgan fingerprint density at radius 1 is 0.737 bits per heavy atom. The van der Waals surface area contributed by atoms with Gasteiger partial charge in [-0.15, -0.1) is 0 Å². The lowest BCUT2D eigenvalue weighted by molar-refractivity contribution is -0.116. The highest BCUT2D eigenvalue weighted by Crippen LogP contribution is 2.13. The van der Waals surface area contributed by atoms with Crippen molar-refractivity contribution >= 4 is 30.3 Å². The Morgan fingerprint density at radius 2 is 1.29 bits per heavy atom. The van der Waals surface area contributed by atoms with Crippen molar-refractivity contribution in [3.63, 3.8) is 0 Å². The molecule has 0 bridgehead atoms. The van der Waals surface area contributed by atoms with Gasteiger partial charge in [0.2, 0.25) is 0 Å². The van der Waals surface area contributed by atoms with Gasteiger partial charge >= 0.3 is 0 Å². The van der Waals surface area contributed by atoms with E-state index in [2.05, 4.69) is 21.1 Å². The highest BCUT2D eigenvalue weighted by molar-refractivity contribution is 5.95. The molecular formula is C28H28N4O6. The van der Waals surface area contributed by atoms with Crippen molar-refractivity contribution in [3.05, 3.63) is 101 Å². The van der Waals surface area contributed by atoms with Gasteiger partial charge in [-0.3, -0.25) is 9.59 Å². The number of nitrogens with zero attached hydrogens (tertiary/aromatic N) is 2. The predicted octanol–water partition coefficient (Wildman–Crippen LogP) is 2.36. The van der Waals surface area contributed by atoms with E-state index < -0.39 is 5.91 Å². The number of aliphatic hydroxyl groups excluding tert-OH is 2. The zero-order chi connectivity index (χ0) is 27.0. The first-order valence-corrected chi connectivity index (χ1v) is 11.7. The van der Waals surface area contributed by atoms with E-state index in [9.17, 15) is 9.59 Å². The Labute approximate surface area is 219 Å². The van der Waals surface area contributed by atoms with Crippen LogP contribution < -0.4 is 20.3 Å². The first-order chi connectivity index (χ1) is 18.6. The Hall–Kier alpha value is -4.80. The molecule has 0 aromatic heterocycles. The van der Waals surface area contributed by atoms with Crippen molar-refractivity contribution in [2.24, 2.45) is 10.2 Å². The number of hydrogen-bond acceptors (Lipinski definition) is 8. The fraction of sp³-hybridized carbons (Fsp3) is 0.143. The number of rotatable bonds is 13. The largest absolute Gasteiger partial charge is 0.491 e. The van der Waals surface area contributed by atoms with E-state index in [0.29, 0.717) is 17.1 Å². The van der Waals surface area contributed by atoms with Gasteiger partial charge in [0.1, 0.15) is 24.7 Å². The number of ether oxygens (including phenoxy) is 2. The molecule has 4 N–H and O–H groups in total. The molecule has 0 atom stereocenters. The minimum Gasteiger partial charge on any atom is -0.491 e. The van der Waals surface area contributed by atoms with Crippen LogP contribution in [-0.2, 0) is 4.79 Å². The fourth-order valence-corrected chi connectivity index (χ4v) is 3.05. The van der Waals surface area contributed by atoms with Crippen LogP contribution in [-0.4, -0.2) is 60.9 Å². The van der Waals surface area contributed by atoms with Crippen LogP contribution in [0.5, 0.6) is 11.5 Å². The van der Waals surface area contributed by atoms with Crippen LogP contribution in [0.25, 0.3) is 6.08 Å². The lowest BCUT2D eigenvalue weighted by Crippen LogP contribution is -2.17. The van der Waals surface area contributed by atoms with E-state index in [-0.39, 0.29) is 32.3 Å². The van der Waals surface area contributed by atoms with E-state index in [1.807, 2.05) is 0 Å². The molecule has 0 fully saturated rings. The molecule has 10 heteroatoms. The molecule has 0 saturated heterocycles. The summed E-state index contributed by atoms with van der Waals surface area (Å²) < 4.78 is 10.7. The SMILES string of the molecule is O=C(C=Cc1ccc(C(=O)NN=Cc2cccc(OCCO)c2)cc1)NN=Cc1cccc(OCCO)c1. The molecule has 0 aliphatic rings. The molecule has 0 heterocycles. The highest BCUT2D eigenvalue weighted by atomic mass is 16.5. The standard InChI is InChI=1S/C28H28N4O6/c33-13-15-37-25-5-1-3-22(17-25)19-29-31-27(35)12-9-21-7-10-24(11-8-21)28(36)32-30-20-23-4-2-6-26(18-23)38-16-14-34/h1-12,17-20,33-34H,13-16H2,(H,31,35)(H,32,36). The van der Waals surface area contributed by atoms with Gasteiger partial charge in [-0.05, 0) is 59.2 Å². The first kappa shape index (κ1) is 27.8. The van der Waals surface area contributed by atoms with Crippen LogP contribution >= 0.6 is 0 Å². The number of carbonyl (C=O) groups excluding carboxylic acids is 2. The van der Waals surface area contributed by atoms with Crippen molar-refractivity contribution < 1.29 is 29.3 Å². The van der Waals surface area contributed by atoms with Crippen LogP contribution in [0.2, 0.25) is 0 Å². The summed E-state index contributed by atoms with van der Waals surface area (Å²) in [5.41, 5.74) is 7.44. The fourth-order valence-electron chi connectivity index (χ4n) is 3.05. The summed E-state index contributed by atoms with van der Waals surface area (Å²) >= 11 is 0. The average molecular weight is 517 g/mol. The third kappa shape index (κ3) is 9.69. The number of aliphatic hydroxyl groups is 2. The second-order valence-corrected chi connectivity index (χ2v) is 7.68. The van der Waals surface area contributed by atoms with Crippen LogP contribution in [0, 0.1) is 0 Å². The molecule has 196 valence electrons. The molecule has 3 aromatic rings. The average Bonchev–Trinajstić information content (AvgIpc) is 2.94. The second kappa shape index (κ2) is 15.3. The van der Waals surface area contributed by atoms with Crippen molar-refractivity contribution in [3.8, 4) is 11.5 Å². The molecule has 3 aromatic carbocycles. The monoisotopic (exact) mass is 516 g/mol. The molecule has 38 heavy (non-hydrogen) atoms. The minimum absolute atomic E-state index is 0.0785. The maximum Gasteiger partial charge on any atom is 0.271 e. The van der Waals surface area contributed by atoms with Crippen molar-refractivity contribution in [1.82, 2.24) is 10.9 Å². The Bertz CT molecular complexity index is 1290. The van der Waals surface area contributed by atoms with Gasteiger partial charge in [0.25, 0.3) is 11.8 Å². The molecule has 0 unspecified atom stereocenters. The van der Waals surface area contributed by atoms with E-state index in [0.717, 1.165) is 16.7 Å². The van der Waals surface area contributed by atoms with E-state index in [1.54, 1.807) is 78.9 Å². The smallest absolute Gasteiger partial charge is 0.271 e. The van der Waals surface area contributed by atoms with Gasteiger partial charge in [0, 0.05) is 11.6 Å². The summed E-state index contributed by atoms with van der Waals surface area (Å²) in [6, 6.07) is 20.8. The molecule has 2 amide bonds. The summed E-state index contributed by atoms with van der Waals surface area (Å²) in [4.78, 5) is 24.4. The zero-order valence-corrected chi connectivity index (χ0v) is 20.5. The maximum absolute atomic E-state index is 12.3. The molecule has 0 aliphatic carbocycles. The summed E-state index contributed by atoms with van der Waals surface area (Å²) in [6.07, 6.45) is 5.90. The van der Waals surface area contributed by atoms with Crippen molar-refractivity contribution in [2.75, 3.05) is 26.4 Å². The number of amides is 2. The molecule has 0 aliphatic heterocycles. The van der Waals surface area contributed by atoms with Gasteiger partial charge in [-0.2, -0.15) is 10.2 Å². The molecule has 10 nitrogen and oxygen atoms in total. The van der Waals surface area contributed by atoms with E-state index in [1.165, 1.54) is 18.5 Å². The Balaban J connectivity index is 1.46. The maximum atomic E-state index is 12.3. The van der Waals surface area contributed by atoms with Crippen molar-refractivity contribution in [1.29, 1.82) is 0 Å². The number of nitrogens with one attached hydrogen (secondary N) is 2. The van der Waals surface area contributed by atoms with Crippen LogP contribution in [0.1, 0.15) is 27.0 Å². The number of benzene rings is 3. The first-order valence-electron chi connectivity index (χ1n) is 11.7. The summed E-state index contributed by atoms with van der Waals surface area (Å²) in [5.74, 6) is 0.375. The third-order valence-electron chi connectivity index (χ3n) is 4.80. The predicted molar refractivity (Wildman–Crippen MR) is 144 cm³/mol. The molecule has 0 saturated carbocycles. The van der Waals surface area contributed by atoms with Gasteiger partial charge in [0.05, 0.1) is 25.6 Å². The van der Waals surface area contributed by atoms with Gasteiger partial charge < -0.3 is 19.7 Å². The summed E-state index contributed by atoms with van der Waals surface area (Å²) in [5, 5.41) is 25.5. The third-order valence-corrected chi connectivity index (χ3v) is 4.80. The molecule has 0 spiro atoms. The summed E-state index contributed by atoms with van der Waals surface area (Å²) in [7, 11) is 0. The van der Waals surface area contributed by atoms with Crippen LogP contribution in [0.15, 0.2) is 89.1 Å². The van der Waals surface area contributed by atoms with Crippen molar-refractivity contribution in [2.45, 2.75) is 0 Å². The minimum atomic E-state index is -0.420. The normalized spacial score (nSPS) is 11.2. The molecule has 3 rings (SSSR count). The van der Waals surface area contributed by atoms with Crippen LogP contribution in [0.4, 0.5) is 0 Å². The van der Waals surface area contributed by atoms with Gasteiger partial charge in [-0.1, -0.05) is 36.4 Å². The van der Waals surface area contributed by atoms with E-state index >= 15 is 0 Å². The van der Waals surface area contributed by atoms with Gasteiger partial charge in [-0.25, -0.2) is 10.9 Å². The Kier molecular flexibility index (Phi) is 11.2. The number of carbonyl (C=O) groups is 2. The highest BCUT2D eigenvalue weighted by Gasteiger charge is 2.04.